The molecular weight excluding hydrogens is 380 g/mol. The molecule has 0 saturated carbocycles. The summed E-state index contributed by atoms with van der Waals surface area (Å²) in [5.41, 5.74) is -2.22. The lowest BCUT2D eigenvalue weighted by Crippen LogP contribution is -2.51. The molecule has 2 rings (SSSR count). The maximum absolute atomic E-state index is 11.0. The number of cyclic esters (lactones) is 2. The van der Waals surface area contributed by atoms with Gasteiger partial charge in [-0.05, 0) is 25.0 Å². The first-order valence-electron chi connectivity index (χ1n) is 9.76. The summed E-state index contributed by atoms with van der Waals surface area (Å²) in [5, 5.41) is 17.9. The summed E-state index contributed by atoms with van der Waals surface area (Å²) in [6.45, 7) is 1.45. The molecule has 1 aliphatic heterocycles. The Bertz CT molecular complexity index is 649. The third-order valence-electron chi connectivity index (χ3n) is 4.46. The molecule has 8 nitrogen and oxygen atoms in total. The van der Waals surface area contributed by atoms with E-state index in [2.05, 4.69) is 4.74 Å². The molecule has 0 bridgehead atoms. The van der Waals surface area contributed by atoms with Crippen LogP contribution < -0.4 is 4.74 Å². The molecule has 1 aromatic carbocycles. The number of benzene rings is 1. The van der Waals surface area contributed by atoms with Crippen molar-refractivity contribution in [1.82, 2.24) is 0 Å². The average molecular weight is 408 g/mol. The number of carbonyl (C=O) groups is 4. The van der Waals surface area contributed by atoms with E-state index in [0.29, 0.717) is 12.8 Å². The zero-order chi connectivity index (χ0) is 21.7. The van der Waals surface area contributed by atoms with Gasteiger partial charge >= 0.3 is 23.9 Å². The van der Waals surface area contributed by atoms with Crippen LogP contribution in [0.2, 0.25) is 0 Å². The van der Waals surface area contributed by atoms with Crippen LogP contribution in [-0.4, -0.2) is 39.7 Å². The van der Waals surface area contributed by atoms with Crippen molar-refractivity contribution >= 4 is 23.9 Å². The molecule has 1 heterocycles. The van der Waals surface area contributed by atoms with Crippen LogP contribution in [0.3, 0.4) is 0 Å². The Morgan fingerprint density at radius 1 is 0.897 bits per heavy atom. The van der Waals surface area contributed by atoms with Gasteiger partial charge in [-0.25, -0.2) is 9.59 Å². The highest BCUT2D eigenvalue weighted by atomic mass is 16.6. The summed E-state index contributed by atoms with van der Waals surface area (Å²) in [7, 11) is 0. The fourth-order valence-corrected chi connectivity index (χ4v) is 2.72. The molecule has 0 radical (unpaired) electrons. The predicted molar refractivity (Wildman–Crippen MR) is 103 cm³/mol. The van der Waals surface area contributed by atoms with Gasteiger partial charge in [-0.2, -0.15) is 0 Å². The molecule has 1 fully saturated rings. The Labute approximate surface area is 169 Å². The van der Waals surface area contributed by atoms with Crippen LogP contribution in [0.25, 0.3) is 0 Å². The zero-order valence-corrected chi connectivity index (χ0v) is 16.6. The van der Waals surface area contributed by atoms with Gasteiger partial charge in [0.05, 0.1) is 0 Å². The standard InChI is InChI=1S/C11H12O5.C10H16O3/c1-2-11(9(12)13,10(14)15)16-8-6-4-3-5-7-8;11-9-7-5-3-1-2-4-6-8-10(12)13-9/h3-7H,2H2,1H3,(H,12,13)(H,14,15);1-8H2. The summed E-state index contributed by atoms with van der Waals surface area (Å²) in [4.78, 5) is 43.9. The first-order chi connectivity index (χ1) is 13.8. The Kier molecular flexibility index (Phi) is 10.4. The smallest absolute Gasteiger partial charge is 0.360 e. The van der Waals surface area contributed by atoms with Crippen LogP contribution >= 0.6 is 0 Å². The molecule has 1 saturated heterocycles. The van der Waals surface area contributed by atoms with E-state index in [1.54, 1.807) is 18.2 Å². The highest BCUT2D eigenvalue weighted by Gasteiger charge is 2.47. The van der Waals surface area contributed by atoms with Crippen molar-refractivity contribution in [2.75, 3.05) is 0 Å². The minimum absolute atomic E-state index is 0.160. The van der Waals surface area contributed by atoms with Crippen molar-refractivity contribution in [3.8, 4) is 5.75 Å². The lowest BCUT2D eigenvalue weighted by atomic mass is 10.0. The SMILES string of the molecule is CCC(Oc1ccccc1)(C(=O)O)C(=O)O.O=C1CCCCCCCCC(=O)O1. The van der Waals surface area contributed by atoms with Gasteiger partial charge in [0.1, 0.15) is 5.75 Å². The summed E-state index contributed by atoms with van der Waals surface area (Å²) < 4.78 is 9.68. The number of rotatable bonds is 5. The van der Waals surface area contributed by atoms with Gasteiger partial charge in [0.2, 0.25) is 0 Å². The van der Waals surface area contributed by atoms with Crippen molar-refractivity contribution in [2.45, 2.75) is 70.3 Å². The molecule has 0 aromatic heterocycles. The number of esters is 2. The largest absolute Gasteiger partial charge is 0.478 e. The summed E-state index contributed by atoms with van der Waals surface area (Å²) >= 11 is 0. The Balaban J connectivity index is 0.000000296. The van der Waals surface area contributed by atoms with Gasteiger partial charge in [-0.3, -0.25) is 9.59 Å². The molecule has 0 unspecified atom stereocenters. The molecular formula is C21H28O8. The monoisotopic (exact) mass is 408 g/mol. The molecule has 0 spiro atoms. The Morgan fingerprint density at radius 2 is 1.34 bits per heavy atom. The van der Waals surface area contributed by atoms with Crippen LogP contribution in [0.5, 0.6) is 5.75 Å². The molecule has 0 amide bonds. The molecule has 29 heavy (non-hydrogen) atoms. The highest BCUT2D eigenvalue weighted by Crippen LogP contribution is 2.22. The number of carbonyl (C=O) groups excluding carboxylic acids is 2. The molecule has 1 aromatic rings. The summed E-state index contributed by atoms with van der Waals surface area (Å²) in [6, 6.07) is 8.02. The van der Waals surface area contributed by atoms with Crippen LogP contribution in [0, 0.1) is 0 Å². The topological polar surface area (TPSA) is 127 Å². The molecule has 0 aliphatic carbocycles. The van der Waals surface area contributed by atoms with E-state index in [0.717, 1.165) is 25.7 Å². The van der Waals surface area contributed by atoms with Gasteiger partial charge in [-0.15, -0.1) is 0 Å². The minimum Gasteiger partial charge on any atom is -0.478 e. The molecule has 8 heteroatoms. The molecule has 2 N–H and O–H groups in total. The number of ether oxygens (including phenoxy) is 2. The fraction of sp³-hybridized carbons (Fsp3) is 0.524. The lowest BCUT2D eigenvalue weighted by Gasteiger charge is -2.24. The van der Waals surface area contributed by atoms with Crippen molar-refractivity contribution in [2.24, 2.45) is 0 Å². The third kappa shape index (κ3) is 8.33. The molecule has 0 atom stereocenters. The average Bonchev–Trinajstić information content (AvgIpc) is 2.72. The summed E-state index contributed by atoms with van der Waals surface area (Å²) in [5.74, 6) is -3.51. The van der Waals surface area contributed by atoms with Crippen LogP contribution in [0.15, 0.2) is 30.3 Å². The maximum Gasteiger partial charge on any atom is 0.360 e. The minimum atomic E-state index is -2.22. The second kappa shape index (κ2) is 12.5. The van der Waals surface area contributed by atoms with Crippen LogP contribution in [-0.2, 0) is 23.9 Å². The number of carboxylic acid groups (broad SMARTS) is 2. The fourth-order valence-electron chi connectivity index (χ4n) is 2.72. The van der Waals surface area contributed by atoms with Gasteiger partial charge in [-0.1, -0.05) is 50.8 Å². The van der Waals surface area contributed by atoms with E-state index in [4.69, 9.17) is 14.9 Å². The third-order valence-corrected chi connectivity index (χ3v) is 4.46. The van der Waals surface area contributed by atoms with E-state index in [9.17, 15) is 19.2 Å². The number of hydrogen-bond donors (Lipinski definition) is 2. The molecule has 160 valence electrons. The predicted octanol–water partition coefficient (Wildman–Crippen LogP) is 3.57. The van der Waals surface area contributed by atoms with Crippen molar-refractivity contribution in [1.29, 1.82) is 0 Å². The first-order valence-corrected chi connectivity index (χ1v) is 9.76. The van der Waals surface area contributed by atoms with Gasteiger partial charge in [0.25, 0.3) is 5.60 Å². The van der Waals surface area contributed by atoms with Crippen LogP contribution in [0.1, 0.15) is 64.7 Å². The van der Waals surface area contributed by atoms with E-state index < -0.39 is 17.5 Å². The van der Waals surface area contributed by atoms with Crippen molar-refractivity contribution < 1.29 is 38.9 Å². The lowest BCUT2D eigenvalue weighted by molar-refractivity contribution is -0.172. The highest BCUT2D eigenvalue weighted by molar-refractivity contribution is 6.02. The first kappa shape index (κ1) is 24.1. The van der Waals surface area contributed by atoms with Gasteiger partial charge < -0.3 is 19.7 Å². The zero-order valence-electron chi connectivity index (χ0n) is 16.6. The molecule has 1 aliphatic rings. The maximum atomic E-state index is 11.0. The Hall–Kier alpha value is -2.90. The van der Waals surface area contributed by atoms with Crippen molar-refractivity contribution in [3.05, 3.63) is 30.3 Å². The Morgan fingerprint density at radius 3 is 1.76 bits per heavy atom. The number of hydrogen-bond acceptors (Lipinski definition) is 6. The quantitative estimate of drug-likeness (QED) is 0.559. The van der Waals surface area contributed by atoms with Crippen molar-refractivity contribution in [3.63, 3.8) is 0 Å². The number of aliphatic carboxylic acids is 2. The second-order valence-corrected chi connectivity index (χ2v) is 6.67. The number of carboxylic acids is 2. The van der Waals surface area contributed by atoms with E-state index >= 15 is 0 Å². The summed E-state index contributed by atoms with van der Waals surface area (Å²) in [6.07, 6.45) is 6.82. The van der Waals surface area contributed by atoms with E-state index in [1.165, 1.54) is 31.9 Å². The number of para-hydroxylation sites is 1. The normalized spacial score (nSPS) is 15.8. The van der Waals surface area contributed by atoms with E-state index in [-0.39, 0.29) is 24.1 Å². The van der Waals surface area contributed by atoms with E-state index in [1.807, 2.05) is 0 Å². The van der Waals surface area contributed by atoms with Gasteiger partial charge in [0.15, 0.2) is 0 Å². The van der Waals surface area contributed by atoms with Crippen LogP contribution in [0.4, 0.5) is 0 Å². The second-order valence-electron chi connectivity index (χ2n) is 6.67. The van der Waals surface area contributed by atoms with Gasteiger partial charge in [0, 0.05) is 19.3 Å².